The second-order valence-electron chi connectivity index (χ2n) is 6.54. The molecule has 0 bridgehead atoms. The highest BCUT2D eigenvalue weighted by atomic mass is 32.2. The number of amides is 1. The van der Waals surface area contributed by atoms with E-state index < -0.39 is 11.5 Å². The average molecular weight is 392 g/mol. The van der Waals surface area contributed by atoms with Gasteiger partial charge in [-0.25, -0.2) is 4.79 Å². The molecule has 8 heteroatoms. The van der Waals surface area contributed by atoms with Gasteiger partial charge in [-0.2, -0.15) is 5.10 Å². The number of carboxylic acid groups (broad SMARTS) is 1. The number of anilines is 1. The van der Waals surface area contributed by atoms with Gasteiger partial charge in [-0.05, 0) is 49.5 Å². The molecule has 0 radical (unpaired) electrons. The maximum Gasteiger partial charge on any atom is 0.331 e. The number of carbonyl (C=O) groups excluding carboxylic acids is 1. The molecule has 0 spiro atoms. The number of hydrogen-bond acceptors (Lipinski definition) is 5. The van der Waals surface area contributed by atoms with Crippen LogP contribution in [-0.2, 0) is 10.3 Å². The van der Waals surface area contributed by atoms with E-state index in [1.54, 1.807) is 13.8 Å². The van der Waals surface area contributed by atoms with E-state index in [9.17, 15) is 14.7 Å². The lowest BCUT2D eigenvalue weighted by molar-refractivity contribution is -0.146. The van der Waals surface area contributed by atoms with Crippen molar-refractivity contribution < 1.29 is 14.7 Å². The highest BCUT2D eigenvalue weighted by Gasteiger charge is 2.30. The van der Waals surface area contributed by atoms with Crippen LogP contribution in [0, 0.1) is 0 Å². The molecule has 0 atom stereocenters. The fourth-order valence-electron chi connectivity index (χ4n) is 2.47. The second-order valence-corrected chi connectivity index (χ2v) is 9.27. The number of benzene rings is 1. The van der Waals surface area contributed by atoms with Gasteiger partial charge in [0.15, 0.2) is 5.54 Å². The van der Waals surface area contributed by atoms with Gasteiger partial charge in [0, 0.05) is 11.8 Å². The number of nitrogens with one attached hydrogen (secondary N) is 1. The van der Waals surface area contributed by atoms with Crippen LogP contribution in [0.1, 0.15) is 40.8 Å². The van der Waals surface area contributed by atoms with Crippen LogP contribution in [0.15, 0.2) is 36.7 Å². The third kappa shape index (κ3) is 4.07. The standard InChI is InChI=1S/C18H21N3O3S2/c1-18(2,17(23)24)21-11-14(10-19-21)20-15(22)12-4-6-13(7-5-12)16-25-8-3-9-26-16/h4-7,10-11,16H,3,8-9H2,1-2H3,(H,20,22)(H,23,24). The van der Waals surface area contributed by atoms with E-state index in [4.69, 9.17) is 0 Å². The molecule has 1 aromatic heterocycles. The van der Waals surface area contributed by atoms with E-state index >= 15 is 0 Å². The molecular formula is C18H21N3O3S2. The van der Waals surface area contributed by atoms with E-state index in [-0.39, 0.29) is 5.91 Å². The van der Waals surface area contributed by atoms with E-state index in [1.165, 1.54) is 40.6 Å². The summed E-state index contributed by atoms with van der Waals surface area (Å²) in [7, 11) is 0. The molecular weight excluding hydrogens is 370 g/mol. The minimum absolute atomic E-state index is 0.242. The van der Waals surface area contributed by atoms with Crippen molar-refractivity contribution in [3.63, 3.8) is 0 Å². The molecule has 3 rings (SSSR count). The number of aliphatic carboxylic acids is 1. The van der Waals surface area contributed by atoms with Gasteiger partial charge in [-0.3, -0.25) is 9.48 Å². The molecule has 1 aliphatic heterocycles. The summed E-state index contributed by atoms with van der Waals surface area (Å²) in [6.45, 7) is 3.10. The van der Waals surface area contributed by atoms with Crippen LogP contribution in [0.3, 0.4) is 0 Å². The summed E-state index contributed by atoms with van der Waals surface area (Å²) in [6, 6.07) is 7.65. The molecule has 138 valence electrons. The first-order chi connectivity index (χ1) is 12.4. The highest BCUT2D eigenvalue weighted by molar-refractivity contribution is 8.16. The van der Waals surface area contributed by atoms with Crippen LogP contribution in [0.4, 0.5) is 5.69 Å². The Morgan fingerprint density at radius 2 is 1.88 bits per heavy atom. The molecule has 2 heterocycles. The number of aromatic nitrogens is 2. The van der Waals surface area contributed by atoms with Crippen molar-refractivity contribution >= 4 is 41.1 Å². The molecule has 1 aliphatic rings. The minimum Gasteiger partial charge on any atom is -0.479 e. The summed E-state index contributed by atoms with van der Waals surface area (Å²) in [5.41, 5.74) is 1.07. The predicted octanol–water partition coefficient (Wildman–Crippen LogP) is 3.82. The Morgan fingerprint density at radius 1 is 1.23 bits per heavy atom. The number of carboxylic acids is 1. The van der Waals surface area contributed by atoms with Crippen LogP contribution in [0.5, 0.6) is 0 Å². The van der Waals surface area contributed by atoms with Crippen molar-refractivity contribution in [2.75, 3.05) is 16.8 Å². The molecule has 26 heavy (non-hydrogen) atoms. The number of rotatable bonds is 5. The van der Waals surface area contributed by atoms with Gasteiger partial charge >= 0.3 is 5.97 Å². The van der Waals surface area contributed by atoms with Gasteiger partial charge in [0.2, 0.25) is 0 Å². The smallest absolute Gasteiger partial charge is 0.331 e. The van der Waals surface area contributed by atoms with Crippen molar-refractivity contribution in [3.05, 3.63) is 47.8 Å². The fraction of sp³-hybridized carbons (Fsp3) is 0.389. The number of carbonyl (C=O) groups is 2. The summed E-state index contributed by atoms with van der Waals surface area (Å²) < 4.78 is 1.77. The fourth-order valence-corrected chi connectivity index (χ4v) is 5.36. The van der Waals surface area contributed by atoms with Crippen LogP contribution >= 0.6 is 23.5 Å². The van der Waals surface area contributed by atoms with Crippen LogP contribution in [-0.4, -0.2) is 38.3 Å². The van der Waals surface area contributed by atoms with Gasteiger partial charge in [0.05, 0.1) is 16.5 Å². The van der Waals surface area contributed by atoms with Gasteiger partial charge in [0.1, 0.15) is 0 Å². The Balaban J connectivity index is 1.67. The monoisotopic (exact) mass is 391 g/mol. The predicted molar refractivity (Wildman–Crippen MR) is 106 cm³/mol. The first-order valence-corrected chi connectivity index (χ1v) is 10.4. The lowest BCUT2D eigenvalue weighted by Gasteiger charge is -2.21. The van der Waals surface area contributed by atoms with Crippen molar-refractivity contribution in [1.29, 1.82) is 0 Å². The molecule has 1 saturated heterocycles. The maximum absolute atomic E-state index is 12.4. The van der Waals surface area contributed by atoms with Crippen LogP contribution < -0.4 is 5.32 Å². The van der Waals surface area contributed by atoms with Gasteiger partial charge in [-0.15, -0.1) is 23.5 Å². The number of thioether (sulfide) groups is 2. The second kappa shape index (κ2) is 7.75. The number of nitrogens with zero attached hydrogens (tertiary/aromatic N) is 2. The summed E-state index contributed by atoms with van der Waals surface area (Å²) in [5.74, 6) is 1.12. The van der Waals surface area contributed by atoms with E-state index in [1.807, 2.05) is 47.8 Å². The van der Waals surface area contributed by atoms with Crippen LogP contribution in [0.25, 0.3) is 0 Å². The van der Waals surface area contributed by atoms with Gasteiger partial charge in [-0.1, -0.05) is 12.1 Å². The summed E-state index contributed by atoms with van der Waals surface area (Å²) >= 11 is 3.89. The summed E-state index contributed by atoms with van der Waals surface area (Å²) in [6.07, 6.45) is 4.22. The highest BCUT2D eigenvalue weighted by Crippen LogP contribution is 2.43. The quantitative estimate of drug-likeness (QED) is 0.806. The Kier molecular flexibility index (Phi) is 5.62. The molecule has 1 fully saturated rings. The molecule has 1 aromatic carbocycles. The Hall–Kier alpha value is -1.93. The normalized spacial score (nSPS) is 15.6. The Bertz CT molecular complexity index is 796. The zero-order chi connectivity index (χ0) is 18.7. The lowest BCUT2D eigenvalue weighted by atomic mass is 10.1. The largest absolute Gasteiger partial charge is 0.479 e. The average Bonchev–Trinajstić information content (AvgIpc) is 3.11. The molecule has 0 saturated carbocycles. The third-order valence-electron chi connectivity index (χ3n) is 4.21. The molecule has 2 N–H and O–H groups in total. The minimum atomic E-state index is -1.18. The van der Waals surface area contributed by atoms with Crippen molar-refractivity contribution in [3.8, 4) is 0 Å². The third-order valence-corrected chi connectivity index (χ3v) is 7.22. The van der Waals surface area contributed by atoms with Crippen molar-refractivity contribution in [2.45, 2.75) is 30.4 Å². The van der Waals surface area contributed by atoms with Crippen LogP contribution in [0.2, 0.25) is 0 Å². The molecule has 6 nitrogen and oxygen atoms in total. The lowest BCUT2D eigenvalue weighted by Crippen LogP contribution is -2.35. The Labute approximate surface area is 160 Å². The number of hydrogen-bond donors (Lipinski definition) is 2. The topological polar surface area (TPSA) is 84.2 Å². The molecule has 0 unspecified atom stereocenters. The van der Waals surface area contributed by atoms with E-state index in [2.05, 4.69) is 10.4 Å². The van der Waals surface area contributed by atoms with E-state index in [0.29, 0.717) is 15.8 Å². The molecule has 0 aliphatic carbocycles. The SMILES string of the molecule is CC(C)(C(=O)O)n1cc(NC(=O)c2ccc(C3SCCCS3)cc2)cn1. The van der Waals surface area contributed by atoms with Crippen molar-refractivity contribution in [2.24, 2.45) is 0 Å². The molecule has 1 amide bonds. The first-order valence-electron chi connectivity index (χ1n) is 8.31. The summed E-state index contributed by atoms with van der Waals surface area (Å²) in [5, 5.41) is 16.1. The first kappa shape index (κ1) is 18.8. The zero-order valence-electron chi connectivity index (χ0n) is 14.6. The Morgan fingerprint density at radius 3 is 2.50 bits per heavy atom. The van der Waals surface area contributed by atoms with Crippen molar-refractivity contribution in [1.82, 2.24) is 9.78 Å². The molecule has 2 aromatic rings. The van der Waals surface area contributed by atoms with E-state index in [0.717, 1.165) is 0 Å². The summed E-state index contributed by atoms with van der Waals surface area (Å²) in [4.78, 5) is 23.7. The maximum atomic E-state index is 12.4. The zero-order valence-corrected chi connectivity index (χ0v) is 16.3. The van der Waals surface area contributed by atoms with Gasteiger partial charge in [0.25, 0.3) is 5.91 Å². The van der Waals surface area contributed by atoms with Gasteiger partial charge < -0.3 is 10.4 Å².